The molecule has 1 amide bonds. The zero-order valence-corrected chi connectivity index (χ0v) is 20.1. The van der Waals surface area contributed by atoms with Gasteiger partial charge in [-0.15, -0.1) is 0 Å². The van der Waals surface area contributed by atoms with Gasteiger partial charge in [0, 0.05) is 19.0 Å². The molecule has 10 nitrogen and oxygen atoms in total. The highest BCUT2D eigenvalue weighted by Crippen LogP contribution is 2.33. The second-order valence-corrected chi connectivity index (χ2v) is 9.78. The normalized spacial score (nSPS) is 14.3. The Hall–Kier alpha value is -3.72. The maximum atomic E-state index is 13.0. The number of carboxylic acid groups (broad SMARTS) is 1. The predicted molar refractivity (Wildman–Crippen MR) is 124 cm³/mol. The van der Waals surface area contributed by atoms with Crippen molar-refractivity contribution in [2.24, 2.45) is 5.92 Å². The fourth-order valence-corrected chi connectivity index (χ4v) is 5.27. The number of carbonyl (C=O) groups excluding carboxylic acids is 1. The summed E-state index contributed by atoms with van der Waals surface area (Å²) < 4.78 is 45.1. The number of pyridine rings is 1. The Morgan fingerprint density at radius 3 is 2.43 bits per heavy atom. The summed E-state index contributed by atoms with van der Waals surface area (Å²) in [4.78, 5) is 30.4. The van der Waals surface area contributed by atoms with Gasteiger partial charge in [-0.1, -0.05) is 19.1 Å². The summed E-state index contributed by atoms with van der Waals surface area (Å²) >= 11 is 0. The molecule has 35 heavy (non-hydrogen) atoms. The van der Waals surface area contributed by atoms with Crippen molar-refractivity contribution in [2.45, 2.75) is 31.9 Å². The minimum Gasteiger partial charge on any atom is -0.480 e. The van der Waals surface area contributed by atoms with Crippen LogP contribution in [0.4, 0.5) is 10.2 Å². The molecule has 12 heteroatoms. The summed E-state index contributed by atoms with van der Waals surface area (Å²) in [5.74, 6) is -3.23. The van der Waals surface area contributed by atoms with Gasteiger partial charge in [-0.3, -0.25) is 9.52 Å². The topological polar surface area (TPSA) is 150 Å². The van der Waals surface area contributed by atoms with Gasteiger partial charge in [0.05, 0.1) is 18.4 Å². The van der Waals surface area contributed by atoms with Crippen LogP contribution in [0.2, 0.25) is 0 Å². The van der Waals surface area contributed by atoms with Crippen molar-refractivity contribution in [1.29, 1.82) is 5.26 Å². The Morgan fingerprint density at radius 2 is 1.91 bits per heavy atom. The molecule has 1 saturated heterocycles. The third-order valence-electron chi connectivity index (χ3n) is 5.81. The molecule has 1 aliphatic rings. The summed E-state index contributed by atoms with van der Waals surface area (Å²) in [6, 6.07) is 7.02. The maximum absolute atomic E-state index is 13.0. The number of piperidine rings is 1. The van der Waals surface area contributed by atoms with E-state index >= 15 is 0 Å². The second kappa shape index (κ2) is 10.7. The zero-order valence-electron chi connectivity index (χ0n) is 19.2. The van der Waals surface area contributed by atoms with E-state index in [-0.39, 0.29) is 29.2 Å². The van der Waals surface area contributed by atoms with Crippen molar-refractivity contribution in [3.8, 4) is 11.9 Å². The molecule has 2 aromatic rings. The molecule has 0 saturated carbocycles. The first-order valence-electron chi connectivity index (χ1n) is 10.9. The average Bonchev–Trinajstić information content (AvgIpc) is 2.83. The monoisotopic (exact) mass is 504 g/mol. The van der Waals surface area contributed by atoms with Crippen LogP contribution in [0.3, 0.4) is 0 Å². The number of methoxy groups -OCH3 is 1. The first-order chi connectivity index (χ1) is 16.6. The number of hydrogen-bond donors (Lipinski definition) is 2. The Balaban J connectivity index is 1.72. The molecule has 1 aromatic heterocycles. The van der Waals surface area contributed by atoms with Gasteiger partial charge in [0.1, 0.15) is 17.4 Å². The number of halogens is 1. The first kappa shape index (κ1) is 25.9. The number of rotatable bonds is 8. The molecule has 0 unspecified atom stereocenters. The van der Waals surface area contributed by atoms with Crippen LogP contribution in [0, 0.1) is 23.1 Å². The van der Waals surface area contributed by atoms with Crippen LogP contribution in [-0.2, 0) is 27.0 Å². The quantitative estimate of drug-likeness (QED) is 0.552. The molecule has 0 radical (unpaired) electrons. The van der Waals surface area contributed by atoms with Gasteiger partial charge in [-0.05, 0) is 42.5 Å². The second-order valence-electron chi connectivity index (χ2n) is 8.06. The third kappa shape index (κ3) is 5.86. The van der Waals surface area contributed by atoms with Crippen LogP contribution < -0.4 is 14.4 Å². The van der Waals surface area contributed by atoms with E-state index in [0.29, 0.717) is 37.1 Å². The molecule has 186 valence electrons. The van der Waals surface area contributed by atoms with Crippen molar-refractivity contribution >= 4 is 27.7 Å². The lowest BCUT2D eigenvalue weighted by Crippen LogP contribution is -2.43. The molecular weight excluding hydrogens is 479 g/mol. The summed E-state index contributed by atoms with van der Waals surface area (Å²) in [5, 5.41) is 19.3. The molecule has 1 aliphatic heterocycles. The predicted octanol–water partition coefficient (Wildman–Crippen LogP) is 2.22. The number of benzene rings is 1. The molecule has 0 aliphatic carbocycles. The number of nitrogens with one attached hydrogen (secondary N) is 1. The standard InChI is InChI=1S/C23H25FN4O6S/c1-3-17-18(12-25)20(26-22(34-2)19(17)23(30)31)28-10-8-15(9-11-28)21(29)27-35(32,33)13-14-4-6-16(24)7-5-14/h4-7,15H,3,8-11,13H2,1-2H3,(H,27,29)(H,30,31). The van der Waals surface area contributed by atoms with Crippen LogP contribution in [0.1, 0.15) is 46.8 Å². The highest BCUT2D eigenvalue weighted by molar-refractivity contribution is 7.89. The van der Waals surface area contributed by atoms with Crippen molar-refractivity contribution < 1.29 is 32.2 Å². The molecule has 2 heterocycles. The van der Waals surface area contributed by atoms with Crippen LogP contribution in [0.15, 0.2) is 24.3 Å². The Morgan fingerprint density at radius 1 is 1.29 bits per heavy atom. The number of ether oxygens (including phenoxy) is 1. The first-order valence-corrected chi connectivity index (χ1v) is 12.5. The van der Waals surface area contributed by atoms with E-state index in [1.165, 1.54) is 19.2 Å². The van der Waals surface area contributed by atoms with Gasteiger partial charge >= 0.3 is 5.97 Å². The van der Waals surface area contributed by atoms with E-state index in [1.54, 1.807) is 11.8 Å². The molecular formula is C23H25FN4O6S. The molecule has 0 bridgehead atoms. The summed E-state index contributed by atoms with van der Waals surface area (Å²) in [6.45, 7) is 2.34. The molecule has 1 fully saturated rings. The third-order valence-corrected chi connectivity index (χ3v) is 7.04. The van der Waals surface area contributed by atoms with E-state index in [9.17, 15) is 32.8 Å². The summed E-state index contributed by atoms with van der Waals surface area (Å²) in [5.41, 5.74) is 0.641. The number of aromatic nitrogens is 1. The lowest BCUT2D eigenvalue weighted by molar-refractivity contribution is -0.123. The van der Waals surface area contributed by atoms with Crippen molar-refractivity contribution in [3.05, 3.63) is 52.3 Å². The van der Waals surface area contributed by atoms with Gasteiger partial charge in [-0.2, -0.15) is 10.2 Å². The summed E-state index contributed by atoms with van der Waals surface area (Å²) in [6.07, 6.45) is 0.880. The fraction of sp³-hybridized carbons (Fsp3) is 0.391. The van der Waals surface area contributed by atoms with Gasteiger partial charge in [0.2, 0.25) is 21.8 Å². The molecule has 1 aromatic carbocycles. The number of carboxylic acids is 1. The largest absolute Gasteiger partial charge is 0.480 e. The Bertz CT molecular complexity index is 1270. The molecule has 3 rings (SSSR count). The Kier molecular flexibility index (Phi) is 7.91. The van der Waals surface area contributed by atoms with Gasteiger partial charge < -0.3 is 14.7 Å². The summed E-state index contributed by atoms with van der Waals surface area (Å²) in [7, 11) is -2.67. The van der Waals surface area contributed by atoms with E-state index in [1.807, 2.05) is 6.07 Å². The van der Waals surface area contributed by atoms with Crippen LogP contribution in [0.25, 0.3) is 0 Å². The van der Waals surface area contributed by atoms with Crippen LogP contribution >= 0.6 is 0 Å². The molecule has 0 atom stereocenters. The van der Waals surface area contributed by atoms with Gasteiger partial charge in [0.15, 0.2) is 5.82 Å². The van der Waals surface area contributed by atoms with Gasteiger partial charge in [0.25, 0.3) is 0 Å². The number of hydrogen-bond acceptors (Lipinski definition) is 8. The van der Waals surface area contributed by atoms with Crippen molar-refractivity contribution in [1.82, 2.24) is 9.71 Å². The SMILES string of the molecule is CCc1c(C#N)c(N2CCC(C(=O)NS(=O)(=O)Cc3ccc(F)cc3)CC2)nc(OC)c1C(=O)O. The highest BCUT2D eigenvalue weighted by Gasteiger charge is 2.32. The van der Waals surface area contributed by atoms with Gasteiger partial charge in [-0.25, -0.2) is 17.6 Å². The lowest BCUT2D eigenvalue weighted by Gasteiger charge is -2.33. The number of carbonyl (C=O) groups is 2. The minimum absolute atomic E-state index is 0.102. The maximum Gasteiger partial charge on any atom is 0.341 e. The number of sulfonamides is 1. The zero-order chi connectivity index (χ0) is 25.8. The number of amides is 1. The minimum atomic E-state index is -3.97. The van der Waals surface area contributed by atoms with Crippen molar-refractivity contribution in [3.63, 3.8) is 0 Å². The van der Waals surface area contributed by atoms with E-state index < -0.39 is 39.4 Å². The van der Waals surface area contributed by atoms with E-state index in [2.05, 4.69) is 9.71 Å². The van der Waals surface area contributed by atoms with E-state index in [4.69, 9.17) is 4.74 Å². The van der Waals surface area contributed by atoms with Crippen LogP contribution in [0.5, 0.6) is 5.88 Å². The molecule has 0 spiro atoms. The number of anilines is 1. The highest BCUT2D eigenvalue weighted by atomic mass is 32.2. The number of nitrogens with zero attached hydrogens (tertiary/aromatic N) is 3. The van der Waals surface area contributed by atoms with Crippen molar-refractivity contribution in [2.75, 3.05) is 25.1 Å². The molecule has 2 N–H and O–H groups in total. The lowest BCUT2D eigenvalue weighted by atomic mass is 9.95. The Labute approximate surface area is 202 Å². The average molecular weight is 505 g/mol. The smallest absolute Gasteiger partial charge is 0.341 e. The van der Waals surface area contributed by atoms with Crippen LogP contribution in [-0.4, -0.2) is 50.6 Å². The fourth-order valence-electron chi connectivity index (χ4n) is 4.09. The van der Waals surface area contributed by atoms with E-state index in [0.717, 1.165) is 12.1 Å². The number of aromatic carboxylic acids is 1. The number of nitriles is 1.